The standard InChI is InChI=1S/C21H22F3N5/c1-28(19-8-9-26-20(27-19)14-4-5-14)17-3-2-10-29(13-17)18-7-6-16(21(22,23)24)11-15(18)12-25/h6-9,11,14,17H,2-5,10,13H2,1H3. The molecule has 1 unspecified atom stereocenters. The number of hydrogen-bond acceptors (Lipinski definition) is 5. The number of aromatic nitrogens is 2. The molecule has 0 spiro atoms. The molecule has 8 heteroatoms. The first kappa shape index (κ1) is 19.5. The SMILES string of the molecule is CN(c1ccnc(C2CC2)n1)C1CCCN(c2ccc(C(F)(F)F)cc2C#N)C1. The molecule has 152 valence electrons. The summed E-state index contributed by atoms with van der Waals surface area (Å²) >= 11 is 0. The molecule has 1 aliphatic heterocycles. The summed E-state index contributed by atoms with van der Waals surface area (Å²) in [5.74, 6) is 2.22. The largest absolute Gasteiger partial charge is 0.416 e. The van der Waals surface area contributed by atoms with Crippen molar-refractivity contribution in [3.63, 3.8) is 0 Å². The van der Waals surface area contributed by atoms with Crippen LogP contribution in [0.2, 0.25) is 0 Å². The summed E-state index contributed by atoms with van der Waals surface area (Å²) in [6, 6.07) is 7.38. The highest BCUT2D eigenvalue weighted by Crippen LogP contribution is 2.38. The summed E-state index contributed by atoms with van der Waals surface area (Å²) < 4.78 is 39.0. The maximum absolute atomic E-state index is 13.0. The number of halogens is 3. The van der Waals surface area contributed by atoms with Crippen molar-refractivity contribution >= 4 is 11.5 Å². The minimum absolute atomic E-state index is 0.0567. The molecule has 5 nitrogen and oxygen atoms in total. The highest BCUT2D eigenvalue weighted by Gasteiger charge is 2.33. The molecule has 1 aromatic carbocycles. The van der Waals surface area contributed by atoms with Crippen LogP contribution in [0.15, 0.2) is 30.5 Å². The van der Waals surface area contributed by atoms with Crippen LogP contribution in [0.25, 0.3) is 0 Å². The molecular weight excluding hydrogens is 379 g/mol. The van der Waals surface area contributed by atoms with Gasteiger partial charge < -0.3 is 9.80 Å². The zero-order valence-corrected chi connectivity index (χ0v) is 16.2. The van der Waals surface area contributed by atoms with Crippen molar-refractivity contribution in [1.82, 2.24) is 9.97 Å². The lowest BCUT2D eigenvalue weighted by atomic mass is 10.0. The lowest BCUT2D eigenvalue weighted by molar-refractivity contribution is -0.137. The average molecular weight is 401 g/mol. The van der Waals surface area contributed by atoms with Gasteiger partial charge in [0, 0.05) is 38.3 Å². The number of anilines is 2. The van der Waals surface area contributed by atoms with E-state index in [1.165, 1.54) is 6.07 Å². The molecule has 1 atom stereocenters. The number of nitrogens with zero attached hydrogens (tertiary/aromatic N) is 5. The Hall–Kier alpha value is -2.82. The number of benzene rings is 1. The highest BCUT2D eigenvalue weighted by molar-refractivity contribution is 5.61. The van der Waals surface area contributed by atoms with Gasteiger partial charge in [-0.25, -0.2) is 9.97 Å². The molecule has 2 aromatic rings. The van der Waals surface area contributed by atoms with E-state index in [2.05, 4.69) is 9.88 Å². The van der Waals surface area contributed by atoms with Crippen LogP contribution in [0.1, 0.15) is 48.6 Å². The number of hydrogen-bond donors (Lipinski definition) is 0. The Bertz CT molecular complexity index is 933. The topological polar surface area (TPSA) is 56.1 Å². The van der Waals surface area contributed by atoms with Crippen LogP contribution >= 0.6 is 0 Å². The fraction of sp³-hybridized carbons (Fsp3) is 0.476. The monoisotopic (exact) mass is 401 g/mol. The van der Waals surface area contributed by atoms with E-state index in [0.29, 0.717) is 24.7 Å². The number of nitriles is 1. The van der Waals surface area contributed by atoms with Crippen molar-refractivity contribution in [2.24, 2.45) is 0 Å². The summed E-state index contributed by atoms with van der Waals surface area (Å²) in [5, 5.41) is 9.41. The number of rotatable bonds is 4. The van der Waals surface area contributed by atoms with E-state index in [4.69, 9.17) is 4.98 Å². The van der Waals surface area contributed by atoms with Crippen molar-refractivity contribution < 1.29 is 13.2 Å². The molecule has 2 fully saturated rings. The zero-order chi connectivity index (χ0) is 20.6. The van der Waals surface area contributed by atoms with Gasteiger partial charge in [-0.3, -0.25) is 0 Å². The van der Waals surface area contributed by atoms with E-state index >= 15 is 0 Å². The van der Waals surface area contributed by atoms with Crippen molar-refractivity contribution in [2.45, 2.75) is 43.8 Å². The third-order valence-electron chi connectivity index (χ3n) is 5.69. The van der Waals surface area contributed by atoms with Crippen molar-refractivity contribution in [1.29, 1.82) is 5.26 Å². The quantitative estimate of drug-likeness (QED) is 0.762. The fourth-order valence-electron chi connectivity index (χ4n) is 3.85. The predicted octanol–water partition coefficient (Wildman–Crippen LogP) is 4.35. The van der Waals surface area contributed by atoms with Gasteiger partial charge in [0.25, 0.3) is 0 Å². The van der Waals surface area contributed by atoms with Crippen LogP contribution in [-0.4, -0.2) is 36.1 Å². The lowest BCUT2D eigenvalue weighted by Crippen LogP contribution is -2.47. The summed E-state index contributed by atoms with van der Waals surface area (Å²) in [6.07, 6.45) is 1.45. The zero-order valence-electron chi connectivity index (χ0n) is 16.2. The van der Waals surface area contributed by atoms with Gasteiger partial charge in [-0.05, 0) is 49.9 Å². The van der Waals surface area contributed by atoms with Crippen LogP contribution in [0.4, 0.5) is 24.7 Å². The second-order valence-electron chi connectivity index (χ2n) is 7.74. The minimum atomic E-state index is -4.46. The normalized spacial score (nSPS) is 19.7. The fourth-order valence-corrected chi connectivity index (χ4v) is 3.85. The molecule has 2 aliphatic rings. The number of likely N-dealkylation sites (N-methyl/N-ethyl adjacent to an activating group) is 1. The molecular formula is C21H22F3N5. The molecule has 4 rings (SSSR count). The molecule has 1 aliphatic carbocycles. The molecule has 1 saturated carbocycles. The first-order chi connectivity index (χ1) is 13.9. The Morgan fingerprint density at radius 3 is 2.69 bits per heavy atom. The highest BCUT2D eigenvalue weighted by atomic mass is 19.4. The van der Waals surface area contributed by atoms with E-state index in [1.54, 1.807) is 6.20 Å². The Labute approximate surface area is 167 Å². The maximum Gasteiger partial charge on any atom is 0.416 e. The van der Waals surface area contributed by atoms with Crippen LogP contribution in [0, 0.1) is 11.3 Å². The van der Waals surface area contributed by atoms with Gasteiger partial charge in [0.15, 0.2) is 0 Å². The number of alkyl halides is 3. The number of piperidine rings is 1. The molecule has 0 radical (unpaired) electrons. The Balaban J connectivity index is 1.54. The minimum Gasteiger partial charge on any atom is -0.368 e. The van der Waals surface area contributed by atoms with Crippen LogP contribution < -0.4 is 9.80 Å². The van der Waals surface area contributed by atoms with Gasteiger partial charge >= 0.3 is 6.18 Å². The van der Waals surface area contributed by atoms with Gasteiger partial charge in [0.1, 0.15) is 17.7 Å². The predicted molar refractivity (Wildman–Crippen MR) is 104 cm³/mol. The van der Waals surface area contributed by atoms with E-state index in [-0.39, 0.29) is 11.6 Å². The van der Waals surface area contributed by atoms with Gasteiger partial charge in [-0.2, -0.15) is 18.4 Å². The molecule has 2 heterocycles. The molecule has 0 N–H and O–H groups in total. The molecule has 29 heavy (non-hydrogen) atoms. The van der Waals surface area contributed by atoms with Crippen molar-refractivity contribution in [3.05, 3.63) is 47.4 Å². The molecule has 0 bridgehead atoms. The molecule has 1 aromatic heterocycles. The smallest absolute Gasteiger partial charge is 0.368 e. The molecule has 1 saturated heterocycles. The first-order valence-corrected chi connectivity index (χ1v) is 9.79. The second kappa shape index (κ2) is 7.54. The van der Waals surface area contributed by atoms with Crippen LogP contribution in [0.5, 0.6) is 0 Å². The van der Waals surface area contributed by atoms with E-state index < -0.39 is 11.7 Å². The van der Waals surface area contributed by atoms with Crippen LogP contribution in [0.3, 0.4) is 0 Å². The summed E-state index contributed by atoms with van der Waals surface area (Å²) in [4.78, 5) is 13.2. The van der Waals surface area contributed by atoms with Gasteiger partial charge in [-0.1, -0.05) is 0 Å². The summed E-state index contributed by atoms with van der Waals surface area (Å²) in [6.45, 7) is 1.33. The Morgan fingerprint density at radius 2 is 2.00 bits per heavy atom. The van der Waals surface area contributed by atoms with Gasteiger partial charge in [0.05, 0.1) is 16.8 Å². The summed E-state index contributed by atoms with van der Waals surface area (Å²) in [7, 11) is 1.99. The van der Waals surface area contributed by atoms with Crippen molar-refractivity contribution in [2.75, 3.05) is 29.9 Å². The van der Waals surface area contributed by atoms with E-state index in [0.717, 1.165) is 49.5 Å². The lowest BCUT2D eigenvalue weighted by Gasteiger charge is -2.39. The third-order valence-corrected chi connectivity index (χ3v) is 5.69. The molecule has 0 amide bonds. The van der Waals surface area contributed by atoms with Gasteiger partial charge in [0.2, 0.25) is 0 Å². The Morgan fingerprint density at radius 1 is 1.21 bits per heavy atom. The first-order valence-electron chi connectivity index (χ1n) is 9.79. The van der Waals surface area contributed by atoms with E-state index in [9.17, 15) is 18.4 Å². The van der Waals surface area contributed by atoms with Crippen molar-refractivity contribution in [3.8, 4) is 6.07 Å². The summed E-state index contributed by atoms with van der Waals surface area (Å²) in [5.41, 5.74) is -0.182. The van der Waals surface area contributed by atoms with Gasteiger partial charge in [-0.15, -0.1) is 0 Å². The average Bonchev–Trinajstić information content (AvgIpc) is 3.58. The third kappa shape index (κ3) is 4.14. The second-order valence-corrected chi connectivity index (χ2v) is 7.74. The van der Waals surface area contributed by atoms with E-state index in [1.807, 2.05) is 24.1 Å². The Kier molecular flexibility index (Phi) is 5.07. The van der Waals surface area contributed by atoms with Crippen LogP contribution in [-0.2, 0) is 6.18 Å². The maximum atomic E-state index is 13.0.